The van der Waals surface area contributed by atoms with Gasteiger partial charge < -0.3 is 14.2 Å². The van der Waals surface area contributed by atoms with Gasteiger partial charge in [0.25, 0.3) is 5.91 Å². The van der Waals surface area contributed by atoms with E-state index < -0.39 is 0 Å². The summed E-state index contributed by atoms with van der Waals surface area (Å²) in [4.78, 5) is 19.0. The lowest BCUT2D eigenvalue weighted by Crippen LogP contribution is -2.31. The van der Waals surface area contributed by atoms with Crippen molar-refractivity contribution in [2.45, 2.75) is 39.0 Å². The van der Waals surface area contributed by atoms with E-state index in [-0.39, 0.29) is 11.9 Å². The number of benzene rings is 1. The van der Waals surface area contributed by atoms with Gasteiger partial charge >= 0.3 is 0 Å². The highest BCUT2D eigenvalue weighted by molar-refractivity contribution is 5.95. The maximum Gasteiger partial charge on any atom is 0.254 e. The first kappa shape index (κ1) is 13.5. The molecule has 1 fully saturated rings. The number of amides is 1. The molecule has 2 aliphatic heterocycles. The normalized spacial score (nSPS) is 20.4. The fourth-order valence-electron chi connectivity index (χ4n) is 3.20. The number of aryl methyl sites for hydroxylation is 1. The van der Waals surface area contributed by atoms with Crippen LogP contribution in [0.3, 0.4) is 0 Å². The number of rotatable bonds is 2. The molecule has 22 heavy (non-hydrogen) atoms. The third kappa shape index (κ3) is 2.20. The number of hydrogen-bond donors (Lipinski definition) is 0. The van der Waals surface area contributed by atoms with Crippen molar-refractivity contribution in [2.75, 3.05) is 6.54 Å². The molecule has 1 amide bonds. The first-order valence-electron chi connectivity index (χ1n) is 7.53. The molecule has 2 aromatic rings. The minimum atomic E-state index is -0.0885. The highest BCUT2D eigenvalue weighted by Crippen LogP contribution is 2.32. The van der Waals surface area contributed by atoms with Crippen LogP contribution < -0.4 is 0 Å². The standard InChI is InChI=1S/C16H17N3O3/c1-10-17-15(18-22-10)14-3-2-6-19(14)16(20)11-4-5-12-8-21-9-13(12)7-11/h4-5,7,14H,2-3,6,8-9H2,1H3/t14-/m0/s1. The van der Waals surface area contributed by atoms with Crippen LogP contribution in [0.15, 0.2) is 22.7 Å². The molecule has 1 atom stereocenters. The van der Waals surface area contributed by atoms with Gasteiger partial charge in [0, 0.05) is 19.0 Å². The van der Waals surface area contributed by atoms with Crippen molar-refractivity contribution in [3.63, 3.8) is 0 Å². The summed E-state index contributed by atoms with van der Waals surface area (Å²) in [7, 11) is 0. The Morgan fingerprint density at radius 1 is 1.32 bits per heavy atom. The zero-order valence-corrected chi connectivity index (χ0v) is 12.4. The van der Waals surface area contributed by atoms with Crippen molar-refractivity contribution in [3.05, 3.63) is 46.6 Å². The number of likely N-dealkylation sites (tertiary alicyclic amines) is 1. The third-order valence-electron chi connectivity index (χ3n) is 4.32. The molecule has 3 heterocycles. The van der Waals surface area contributed by atoms with Crippen molar-refractivity contribution in [1.29, 1.82) is 0 Å². The van der Waals surface area contributed by atoms with Crippen LogP contribution in [0.4, 0.5) is 0 Å². The molecule has 0 radical (unpaired) electrons. The third-order valence-corrected chi connectivity index (χ3v) is 4.32. The summed E-state index contributed by atoms with van der Waals surface area (Å²) < 4.78 is 10.5. The Morgan fingerprint density at radius 3 is 3.00 bits per heavy atom. The molecule has 2 aliphatic rings. The van der Waals surface area contributed by atoms with Crippen LogP contribution in [-0.2, 0) is 18.0 Å². The van der Waals surface area contributed by atoms with E-state index in [0.29, 0.717) is 30.5 Å². The predicted octanol–water partition coefficient (Wildman–Crippen LogP) is 2.39. The number of nitrogens with zero attached hydrogens (tertiary/aromatic N) is 3. The zero-order chi connectivity index (χ0) is 15.1. The number of aromatic nitrogens is 2. The molecule has 6 nitrogen and oxygen atoms in total. The van der Waals surface area contributed by atoms with E-state index in [1.165, 1.54) is 5.56 Å². The Morgan fingerprint density at radius 2 is 2.18 bits per heavy atom. The van der Waals surface area contributed by atoms with Gasteiger partial charge in [0.1, 0.15) is 0 Å². The smallest absolute Gasteiger partial charge is 0.254 e. The molecule has 4 rings (SSSR count). The molecule has 0 aliphatic carbocycles. The highest BCUT2D eigenvalue weighted by Gasteiger charge is 2.34. The van der Waals surface area contributed by atoms with Gasteiger partial charge in [0.05, 0.1) is 19.3 Å². The Labute approximate surface area is 128 Å². The van der Waals surface area contributed by atoms with Gasteiger partial charge in [0.15, 0.2) is 5.82 Å². The van der Waals surface area contributed by atoms with Gasteiger partial charge in [-0.1, -0.05) is 11.2 Å². The quantitative estimate of drug-likeness (QED) is 0.851. The largest absolute Gasteiger partial charge is 0.372 e. The zero-order valence-electron chi connectivity index (χ0n) is 12.4. The Balaban J connectivity index is 1.61. The number of ether oxygens (including phenoxy) is 1. The van der Waals surface area contributed by atoms with Crippen LogP contribution in [-0.4, -0.2) is 27.5 Å². The number of hydrogen-bond acceptors (Lipinski definition) is 5. The first-order valence-corrected chi connectivity index (χ1v) is 7.53. The van der Waals surface area contributed by atoms with Gasteiger partial charge in [-0.3, -0.25) is 4.79 Å². The lowest BCUT2D eigenvalue weighted by atomic mass is 10.1. The van der Waals surface area contributed by atoms with Crippen LogP contribution in [0.25, 0.3) is 0 Å². The van der Waals surface area contributed by atoms with Crippen LogP contribution in [0.2, 0.25) is 0 Å². The molecule has 114 valence electrons. The summed E-state index contributed by atoms with van der Waals surface area (Å²) in [6, 6.07) is 5.72. The second-order valence-corrected chi connectivity index (χ2v) is 5.80. The van der Waals surface area contributed by atoms with Gasteiger partial charge in [0.2, 0.25) is 5.89 Å². The molecule has 6 heteroatoms. The Hall–Kier alpha value is -2.21. The predicted molar refractivity (Wildman–Crippen MR) is 77.0 cm³/mol. The van der Waals surface area contributed by atoms with E-state index in [2.05, 4.69) is 10.1 Å². The van der Waals surface area contributed by atoms with Crippen LogP contribution in [0.5, 0.6) is 0 Å². The van der Waals surface area contributed by atoms with E-state index >= 15 is 0 Å². The molecule has 1 saturated heterocycles. The summed E-state index contributed by atoms with van der Waals surface area (Å²) >= 11 is 0. The summed E-state index contributed by atoms with van der Waals surface area (Å²) in [6.45, 7) is 3.71. The van der Waals surface area contributed by atoms with E-state index in [0.717, 1.165) is 24.9 Å². The second-order valence-electron chi connectivity index (χ2n) is 5.80. The topological polar surface area (TPSA) is 68.5 Å². The SMILES string of the molecule is Cc1nc([C@@H]2CCCN2C(=O)c2ccc3c(c2)COC3)no1. The highest BCUT2D eigenvalue weighted by atomic mass is 16.5. The monoisotopic (exact) mass is 299 g/mol. The maximum absolute atomic E-state index is 12.8. The molecule has 0 spiro atoms. The second kappa shape index (κ2) is 5.21. The van der Waals surface area contributed by atoms with E-state index in [1.807, 2.05) is 23.1 Å². The number of carbonyl (C=O) groups is 1. The van der Waals surface area contributed by atoms with Gasteiger partial charge in [-0.25, -0.2) is 0 Å². The fraction of sp³-hybridized carbons (Fsp3) is 0.438. The molecular weight excluding hydrogens is 282 g/mol. The minimum absolute atomic E-state index is 0.0275. The fourth-order valence-corrected chi connectivity index (χ4v) is 3.20. The Kier molecular flexibility index (Phi) is 3.18. The summed E-state index contributed by atoms with van der Waals surface area (Å²) in [5, 5.41) is 3.98. The molecule has 1 aromatic heterocycles. The number of fused-ring (bicyclic) bond motifs is 1. The van der Waals surface area contributed by atoms with Crippen LogP contribution >= 0.6 is 0 Å². The maximum atomic E-state index is 12.8. The van der Waals surface area contributed by atoms with E-state index in [9.17, 15) is 4.79 Å². The lowest BCUT2D eigenvalue weighted by molar-refractivity contribution is 0.0728. The van der Waals surface area contributed by atoms with Gasteiger partial charge in [-0.15, -0.1) is 0 Å². The van der Waals surface area contributed by atoms with E-state index in [1.54, 1.807) is 6.92 Å². The average molecular weight is 299 g/mol. The van der Waals surface area contributed by atoms with Crippen molar-refractivity contribution in [3.8, 4) is 0 Å². The van der Waals surface area contributed by atoms with Crippen LogP contribution in [0.1, 0.15) is 52.1 Å². The average Bonchev–Trinajstić information content (AvgIpc) is 3.25. The minimum Gasteiger partial charge on any atom is -0.372 e. The van der Waals surface area contributed by atoms with Gasteiger partial charge in [-0.05, 0) is 36.1 Å². The summed E-state index contributed by atoms with van der Waals surface area (Å²) in [5.74, 6) is 1.16. The first-order chi connectivity index (χ1) is 10.7. The van der Waals surface area contributed by atoms with Crippen molar-refractivity contribution in [2.24, 2.45) is 0 Å². The molecule has 0 bridgehead atoms. The lowest BCUT2D eigenvalue weighted by Gasteiger charge is -2.22. The molecular formula is C16H17N3O3. The summed E-state index contributed by atoms with van der Waals surface area (Å²) in [5.41, 5.74) is 2.98. The molecule has 0 saturated carbocycles. The molecule has 1 aromatic carbocycles. The Bertz CT molecular complexity index is 725. The van der Waals surface area contributed by atoms with Gasteiger partial charge in [-0.2, -0.15) is 4.98 Å². The van der Waals surface area contributed by atoms with Crippen molar-refractivity contribution < 1.29 is 14.1 Å². The number of carbonyl (C=O) groups excluding carboxylic acids is 1. The van der Waals surface area contributed by atoms with Crippen LogP contribution in [0, 0.1) is 6.92 Å². The van der Waals surface area contributed by atoms with Crippen molar-refractivity contribution in [1.82, 2.24) is 15.0 Å². The molecule has 0 unspecified atom stereocenters. The molecule has 0 N–H and O–H groups in total. The summed E-state index contributed by atoms with van der Waals surface area (Å²) in [6.07, 6.45) is 1.83. The van der Waals surface area contributed by atoms with Crippen molar-refractivity contribution >= 4 is 5.91 Å². The van der Waals surface area contributed by atoms with E-state index in [4.69, 9.17) is 9.26 Å².